The van der Waals surface area contributed by atoms with Gasteiger partial charge in [-0.2, -0.15) is 0 Å². The van der Waals surface area contributed by atoms with Gasteiger partial charge >= 0.3 is 0 Å². The Morgan fingerprint density at radius 1 is 1.11 bits per heavy atom. The van der Waals surface area contributed by atoms with E-state index >= 15 is 0 Å². The third-order valence-corrected chi connectivity index (χ3v) is 6.36. The monoisotopic (exact) mass is 384 g/mol. The summed E-state index contributed by atoms with van der Waals surface area (Å²) in [6, 6.07) is 20.1. The lowest BCUT2D eigenvalue weighted by atomic mass is 9.79. The third-order valence-electron chi connectivity index (χ3n) is 5.09. The van der Waals surface area contributed by atoms with Crippen LogP contribution in [0.5, 0.6) is 0 Å². The fraction of sp³-hybridized carbons (Fsp3) is 0.409. The van der Waals surface area contributed by atoms with Crippen molar-refractivity contribution in [1.82, 2.24) is 10.6 Å². The Bertz CT molecular complexity index is 697. The number of nitrogens with one attached hydrogen (secondary N) is 2. The van der Waals surface area contributed by atoms with E-state index in [4.69, 9.17) is 4.74 Å². The quantitative estimate of drug-likeness (QED) is 0.682. The van der Waals surface area contributed by atoms with E-state index in [9.17, 15) is 4.79 Å². The summed E-state index contributed by atoms with van der Waals surface area (Å²) in [5, 5.41) is 6.36. The molecule has 0 aromatic heterocycles. The van der Waals surface area contributed by atoms with Gasteiger partial charge in [-0.25, -0.2) is 0 Å². The van der Waals surface area contributed by atoms with Crippen molar-refractivity contribution in [2.75, 3.05) is 33.4 Å². The Morgan fingerprint density at radius 2 is 1.74 bits per heavy atom. The predicted molar refractivity (Wildman–Crippen MR) is 111 cm³/mol. The maximum atomic E-state index is 13.1. The van der Waals surface area contributed by atoms with Crippen molar-refractivity contribution in [3.63, 3.8) is 0 Å². The highest BCUT2D eigenvalue weighted by molar-refractivity contribution is 8.00. The van der Waals surface area contributed by atoms with Gasteiger partial charge in [-0.1, -0.05) is 48.5 Å². The van der Waals surface area contributed by atoms with Crippen LogP contribution in [0, 0.1) is 5.41 Å². The molecule has 2 aromatic rings. The van der Waals surface area contributed by atoms with Gasteiger partial charge in [0.15, 0.2) is 0 Å². The zero-order chi connectivity index (χ0) is 19.0. The van der Waals surface area contributed by atoms with Gasteiger partial charge in [-0.05, 0) is 43.6 Å². The van der Waals surface area contributed by atoms with E-state index in [0.29, 0.717) is 13.2 Å². The zero-order valence-corrected chi connectivity index (χ0v) is 16.6. The van der Waals surface area contributed by atoms with Crippen LogP contribution < -0.4 is 10.6 Å². The van der Waals surface area contributed by atoms with E-state index in [0.717, 1.165) is 36.4 Å². The van der Waals surface area contributed by atoms with E-state index < -0.39 is 0 Å². The zero-order valence-electron chi connectivity index (χ0n) is 15.8. The number of carbonyl (C=O) groups excluding carboxylic acids is 1. The molecule has 144 valence electrons. The highest BCUT2D eigenvalue weighted by Gasteiger charge is 2.33. The number of thioether (sulfide) groups is 1. The number of amides is 1. The number of ether oxygens (including phenoxy) is 1. The molecule has 0 bridgehead atoms. The van der Waals surface area contributed by atoms with E-state index in [-0.39, 0.29) is 16.6 Å². The molecule has 2 aromatic carbocycles. The lowest BCUT2D eigenvalue weighted by molar-refractivity contribution is -0.121. The first kappa shape index (κ1) is 19.9. The van der Waals surface area contributed by atoms with Gasteiger partial charge in [0.1, 0.15) is 5.25 Å². The minimum Gasteiger partial charge on any atom is -0.384 e. The first-order valence-corrected chi connectivity index (χ1v) is 10.3. The molecule has 1 aliphatic heterocycles. The largest absolute Gasteiger partial charge is 0.384 e. The van der Waals surface area contributed by atoms with Gasteiger partial charge in [-0.15, -0.1) is 11.8 Å². The third kappa shape index (κ3) is 5.58. The minimum absolute atomic E-state index is 0.0221. The molecule has 4 nitrogen and oxygen atoms in total. The van der Waals surface area contributed by atoms with Gasteiger partial charge in [0.25, 0.3) is 0 Å². The van der Waals surface area contributed by atoms with Crippen LogP contribution in [0.3, 0.4) is 0 Å². The second kappa shape index (κ2) is 9.93. The lowest BCUT2D eigenvalue weighted by Crippen LogP contribution is -2.47. The maximum Gasteiger partial charge on any atom is 0.238 e. The van der Waals surface area contributed by atoms with Crippen LogP contribution in [0.25, 0.3) is 0 Å². The Hall–Kier alpha value is -1.82. The molecule has 1 unspecified atom stereocenters. The van der Waals surface area contributed by atoms with Crippen molar-refractivity contribution in [2.45, 2.75) is 23.0 Å². The number of hydrogen-bond acceptors (Lipinski definition) is 4. The number of methoxy groups -OCH3 is 1. The van der Waals surface area contributed by atoms with Crippen molar-refractivity contribution in [2.24, 2.45) is 5.41 Å². The number of rotatable bonds is 8. The fourth-order valence-electron chi connectivity index (χ4n) is 3.54. The van der Waals surface area contributed by atoms with Crippen molar-refractivity contribution in [1.29, 1.82) is 0 Å². The molecule has 3 rings (SSSR count). The van der Waals surface area contributed by atoms with E-state index in [1.54, 1.807) is 18.9 Å². The Kier molecular flexibility index (Phi) is 7.33. The van der Waals surface area contributed by atoms with E-state index in [1.807, 2.05) is 60.7 Å². The molecular weight excluding hydrogens is 356 g/mol. The lowest BCUT2D eigenvalue weighted by Gasteiger charge is -2.37. The van der Waals surface area contributed by atoms with Crippen LogP contribution in [0.1, 0.15) is 23.7 Å². The number of benzene rings is 2. The molecule has 2 N–H and O–H groups in total. The topological polar surface area (TPSA) is 50.4 Å². The molecular formula is C22H28N2O2S. The molecule has 1 fully saturated rings. The first-order chi connectivity index (χ1) is 13.2. The van der Waals surface area contributed by atoms with Gasteiger partial charge in [0.05, 0.1) is 6.61 Å². The Labute approximate surface area is 166 Å². The molecule has 0 aliphatic carbocycles. The van der Waals surface area contributed by atoms with Crippen LogP contribution >= 0.6 is 11.8 Å². The highest BCUT2D eigenvalue weighted by atomic mass is 32.2. The molecule has 1 saturated heterocycles. The van der Waals surface area contributed by atoms with Crippen LogP contribution in [0.4, 0.5) is 0 Å². The van der Waals surface area contributed by atoms with Gasteiger partial charge < -0.3 is 15.4 Å². The molecule has 1 amide bonds. The van der Waals surface area contributed by atoms with E-state index in [2.05, 4.69) is 10.6 Å². The molecule has 0 saturated carbocycles. The standard InChI is InChI=1S/C22H28N2O2S/c1-26-17-22(12-14-23-15-13-22)16-24-21(25)20(18-8-4-2-5-9-18)27-19-10-6-3-7-11-19/h2-11,20,23H,12-17H2,1H3,(H,24,25). The van der Waals surface area contributed by atoms with Crippen LogP contribution in [0.2, 0.25) is 0 Å². The Morgan fingerprint density at radius 3 is 2.37 bits per heavy atom. The number of hydrogen-bond donors (Lipinski definition) is 2. The van der Waals surface area contributed by atoms with Crippen molar-refractivity contribution < 1.29 is 9.53 Å². The normalized spacial score (nSPS) is 17.2. The molecule has 1 atom stereocenters. The fourth-order valence-corrected chi connectivity index (χ4v) is 4.61. The van der Waals surface area contributed by atoms with Gasteiger partial charge in [0.2, 0.25) is 5.91 Å². The Balaban J connectivity index is 1.72. The second-order valence-corrected chi connectivity index (χ2v) is 8.30. The summed E-state index contributed by atoms with van der Waals surface area (Å²) < 4.78 is 5.47. The average Bonchev–Trinajstić information content (AvgIpc) is 2.73. The summed E-state index contributed by atoms with van der Waals surface area (Å²) in [7, 11) is 1.74. The summed E-state index contributed by atoms with van der Waals surface area (Å²) in [5.74, 6) is 0.0593. The summed E-state index contributed by atoms with van der Waals surface area (Å²) in [6.07, 6.45) is 2.03. The molecule has 1 heterocycles. The van der Waals surface area contributed by atoms with Gasteiger partial charge in [-0.3, -0.25) is 4.79 Å². The molecule has 0 radical (unpaired) electrons. The first-order valence-electron chi connectivity index (χ1n) is 9.46. The summed E-state index contributed by atoms with van der Waals surface area (Å²) >= 11 is 1.59. The highest BCUT2D eigenvalue weighted by Crippen LogP contribution is 2.36. The smallest absolute Gasteiger partial charge is 0.238 e. The average molecular weight is 385 g/mol. The summed E-state index contributed by atoms with van der Waals surface area (Å²) in [5.41, 5.74) is 1.05. The van der Waals surface area contributed by atoms with Crippen molar-refractivity contribution in [3.05, 3.63) is 66.2 Å². The number of piperidine rings is 1. The van der Waals surface area contributed by atoms with Crippen LogP contribution in [-0.2, 0) is 9.53 Å². The maximum absolute atomic E-state index is 13.1. The van der Waals surface area contributed by atoms with Crippen molar-refractivity contribution >= 4 is 17.7 Å². The molecule has 27 heavy (non-hydrogen) atoms. The van der Waals surface area contributed by atoms with Crippen LogP contribution in [0.15, 0.2) is 65.6 Å². The number of carbonyl (C=O) groups is 1. The van der Waals surface area contributed by atoms with Crippen LogP contribution in [-0.4, -0.2) is 39.3 Å². The second-order valence-electron chi connectivity index (χ2n) is 7.12. The minimum atomic E-state index is -0.269. The van der Waals surface area contributed by atoms with Crippen molar-refractivity contribution in [3.8, 4) is 0 Å². The van der Waals surface area contributed by atoms with Gasteiger partial charge in [0, 0.05) is 24.0 Å². The SMILES string of the molecule is COCC1(CNC(=O)C(Sc2ccccc2)c2ccccc2)CCNCC1. The summed E-state index contributed by atoms with van der Waals surface area (Å²) in [4.78, 5) is 14.2. The van der Waals surface area contributed by atoms with E-state index in [1.165, 1.54) is 0 Å². The summed E-state index contributed by atoms with van der Waals surface area (Å²) in [6.45, 7) is 3.27. The molecule has 1 aliphatic rings. The molecule has 5 heteroatoms. The predicted octanol–water partition coefficient (Wildman–Crippen LogP) is 3.65. The molecule has 0 spiro atoms.